The summed E-state index contributed by atoms with van der Waals surface area (Å²) in [6.45, 7) is 3.59. The van der Waals surface area contributed by atoms with Crippen molar-refractivity contribution in [3.05, 3.63) is 90.8 Å². The average molecular weight is 493 g/mol. The summed E-state index contributed by atoms with van der Waals surface area (Å²) in [5.41, 5.74) is 5.53. The Labute approximate surface area is 212 Å². The van der Waals surface area contributed by atoms with Crippen LogP contribution in [0.15, 0.2) is 85.1 Å². The Morgan fingerprint density at radius 1 is 0.917 bits per heavy atom. The van der Waals surface area contributed by atoms with Crippen molar-refractivity contribution < 1.29 is 4.79 Å². The van der Waals surface area contributed by atoms with E-state index in [1.54, 1.807) is 6.20 Å². The molecule has 7 nitrogen and oxygen atoms in total. The van der Waals surface area contributed by atoms with Crippen molar-refractivity contribution in [2.24, 2.45) is 0 Å². The molecular formula is C28H24N6OS. The Morgan fingerprint density at radius 3 is 2.56 bits per heavy atom. The number of thiazole rings is 1. The van der Waals surface area contributed by atoms with Gasteiger partial charge in [-0.2, -0.15) is 0 Å². The number of hydrogen-bond donors (Lipinski definition) is 2. The van der Waals surface area contributed by atoms with Crippen LogP contribution in [0.3, 0.4) is 0 Å². The van der Waals surface area contributed by atoms with Crippen LogP contribution in [0.1, 0.15) is 10.5 Å². The molecule has 0 bridgehead atoms. The lowest BCUT2D eigenvalue weighted by atomic mass is 10.1. The van der Waals surface area contributed by atoms with E-state index in [2.05, 4.69) is 26.6 Å². The van der Waals surface area contributed by atoms with Crippen LogP contribution in [-0.2, 0) is 0 Å². The molecule has 2 N–H and O–H groups in total. The van der Waals surface area contributed by atoms with Crippen molar-refractivity contribution in [3.63, 3.8) is 0 Å². The van der Waals surface area contributed by atoms with Gasteiger partial charge in [-0.1, -0.05) is 53.8 Å². The highest BCUT2D eigenvalue weighted by Gasteiger charge is 2.19. The van der Waals surface area contributed by atoms with Crippen LogP contribution in [0.5, 0.6) is 0 Å². The molecule has 1 amide bonds. The van der Waals surface area contributed by atoms with Gasteiger partial charge in [-0.15, -0.1) is 0 Å². The summed E-state index contributed by atoms with van der Waals surface area (Å²) in [6, 6.07) is 25.5. The van der Waals surface area contributed by atoms with Crippen LogP contribution < -0.4 is 15.5 Å². The molecule has 0 spiro atoms. The topological polar surface area (TPSA) is 83.0 Å². The number of rotatable bonds is 5. The maximum Gasteiger partial charge on any atom is 0.274 e. The zero-order valence-electron chi connectivity index (χ0n) is 19.5. The summed E-state index contributed by atoms with van der Waals surface area (Å²) < 4.78 is 0. The highest BCUT2D eigenvalue weighted by molar-refractivity contribution is 7.21. The highest BCUT2D eigenvalue weighted by Crippen LogP contribution is 2.34. The van der Waals surface area contributed by atoms with Crippen molar-refractivity contribution in [2.75, 3.05) is 36.4 Å². The number of carbonyl (C=O) groups is 1. The van der Waals surface area contributed by atoms with Gasteiger partial charge in [0, 0.05) is 49.2 Å². The van der Waals surface area contributed by atoms with Crippen molar-refractivity contribution in [3.8, 4) is 21.8 Å². The molecule has 0 unspecified atom stereocenters. The Morgan fingerprint density at radius 2 is 1.72 bits per heavy atom. The monoisotopic (exact) mass is 492 g/mol. The first-order valence-electron chi connectivity index (χ1n) is 11.9. The standard InChI is InChI=1S/C28H24N6OS/c35-26(32-22-10-5-4-9-21(22)27-33-23-11-6-12-30-28(23)36-27)25-18-20(34-15-13-29-14-16-34)17-24(31-25)19-7-2-1-3-8-19/h1-12,17-18,29H,13-16H2,(H,32,35). The Bertz CT molecular complexity index is 1490. The summed E-state index contributed by atoms with van der Waals surface area (Å²) in [7, 11) is 0. The Hall–Kier alpha value is -4.14. The number of anilines is 2. The van der Waals surface area contributed by atoms with Crippen molar-refractivity contribution >= 4 is 39.0 Å². The fourth-order valence-electron chi connectivity index (χ4n) is 4.34. The number of carbonyl (C=O) groups excluding carboxylic acids is 1. The largest absolute Gasteiger partial charge is 0.369 e. The van der Waals surface area contributed by atoms with Crippen LogP contribution in [-0.4, -0.2) is 47.0 Å². The predicted octanol–water partition coefficient (Wildman–Crippen LogP) is 5.08. The fraction of sp³-hybridized carbons (Fsp3) is 0.143. The molecule has 0 saturated carbocycles. The summed E-state index contributed by atoms with van der Waals surface area (Å²) in [4.78, 5) is 30.6. The molecule has 8 heteroatoms. The number of fused-ring (bicyclic) bond motifs is 1. The van der Waals surface area contributed by atoms with Gasteiger partial charge in [0.25, 0.3) is 5.91 Å². The average Bonchev–Trinajstić information content (AvgIpc) is 3.38. The maximum atomic E-state index is 13.6. The Balaban J connectivity index is 1.36. The molecule has 1 fully saturated rings. The minimum Gasteiger partial charge on any atom is -0.369 e. The van der Waals surface area contributed by atoms with E-state index in [1.165, 1.54) is 11.3 Å². The normalized spacial score (nSPS) is 13.6. The number of para-hydroxylation sites is 1. The first kappa shape index (κ1) is 22.3. The smallest absolute Gasteiger partial charge is 0.274 e. The lowest BCUT2D eigenvalue weighted by Gasteiger charge is -2.30. The van der Waals surface area contributed by atoms with Crippen molar-refractivity contribution in [1.29, 1.82) is 0 Å². The van der Waals surface area contributed by atoms with Gasteiger partial charge in [-0.25, -0.2) is 15.0 Å². The lowest BCUT2D eigenvalue weighted by Crippen LogP contribution is -2.43. The number of nitrogens with one attached hydrogen (secondary N) is 2. The molecule has 36 heavy (non-hydrogen) atoms. The molecule has 178 valence electrons. The molecule has 5 aromatic rings. The molecule has 4 heterocycles. The first-order valence-corrected chi connectivity index (χ1v) is 12.7. The van der Waals surface area contributed by atoms with Crippen LogP contribution in [0.25, 0.3) is 32.2 Å². The number of hydrogen-bond acceptors (Lipinski definition) is 7. The summed E-state index contributed by atoms with van der Waals surface area (Å²) in [5.74, 6) is -0.254. The number of benzene rings is 2. The Kier molecular flexibility index (Phi) is 6.11. The highest BCUT2D eigenvalue weighted by atomic mass is 32.1. The van der Waals surface area contributed by atoms with Gasteiger partial charge in [0.05, 0.1) is 11.4 Å². The van der Waals surface area contributed by atoms with Gasteiger partial charge in [-0.05, 0) is 36.4 Å². The first-order chi connectivity index (χ1) is 17.7. The van der Waals surface area contributed by atoms with E-state index in [1.807, 2.05) is 72.8 Å². The third-order valence-electron chi connectivity index (χ3n) is 6.17. The van der Waals surface area contributed by atoms with E-state index in [0.29, 0.717) is 11.4 Å². The zero-order valence-corrected chi connectivity index (χ0v) is 20.3. The fourth-order valence-corrected chi connectivity index (χ4v) is 5.29. The number of nitrogens with zero attached hydrogens (tertiary/aromatic N) is 4. The zero-order chi connectivity index (χ0) is 24.3. The van der Waals surface area contributed by atoms with Crippen molar-refractivity contribution in [2.45, 2.75) is 0 Å². The molecular weight excluding hydrogens is 468 g/mol. The molecule has 1 saturated heterocycles. The molecule has 0 aliphatic carbocycles. The summed E-state index contributed by atoms with van der Waals surface area (Å²) in [6.07, 6.45) is 1.76. The van der Waals surface area contributed by atoms with E-state index < -0.39 is 0 Å². The number of pyridine rings is 2. The van der Waals surface area contributed by atoms with Gasteiger partial charge in [-0.3, -0.25) is 4.79 Å². The molecule has 0 atom stereocenters. The van der Waals surface area contributed by atoms with Gasteiger partial charge >= 0.3 is 0 Å². The van der Waals surface area contributed by atoms with Crippen LogP contribution >= 0.6 is 11.3 Å². The minimum atomic E-state index is -0.254. The number of piperazine rings is 1. The second-order valence-corrected chi connectivity index (χ2v) is 9.52. The predicted molar refractivity (Wildman–Crippen MR) is 146 cm³/mol. The summed E-state index contributed by atoms with van der Waals surface area (Å²) >= 11 is 1.51. The molecule has 6 rings (SSSR count). The third-order valence-corrected chi connectivity index (χ3v) is 7.18. The minimum absolute atomic E-state index is 0.254. The lowest BCUT2D eigenvalue weighted by molar-refractivity contribution is 0.102. The van der Waals surface area contributed by atoms with E-state index in [9.17, 15) is 4.79 Å². The third kappa shape index (κ3) is 4.56. The van der Waals surface area contributed by atoms with Gasteiger partial charge < -0.3 is 15.5 Å². The molecule has 2 aromatic carbocycles. The van der Waals surface area contributed by atoms with Crippen LogP contribution in [0.4, 0.5) is 11.4 Å². The molecule has 3 aromatic heterocycles. The second kappa shape index (κ2) is 9.85. The quantitative estimate of drug-likeness (QED) is 0.356. The van der Waals surface area contributed by atoms with E-state index in [4.69, 9.17) is 9.97 Å². The SMILES string of the molecule is O=C(Nc1ccccc1-c1nc2cccnc2s1)c1cc(N2CCNCC2)cc(-c2ccccc2)n1. The molecule has 1 aliphatic heterocycles. The second-order valence-electron chi connectivity index (χ2n) is 8.55. The van der Waals surface area contributed by atoms with Gasteiger partial charge in [0.2, 0.25) is 0 Å². The van der Waals surface area contributed by atoms with E-state index in [-0.39, 0.29) is 5.91 Å². The summed E-state index contributed by atoms with van der Waals surface area (Å²) in [5, 5.41) is 7.29. The van der Waals surface area contributed by atoms with Crippen LogP contribution in [0, 0.1) is 0 Å². The number of amides is 1. The molecule has 1 aliphatic rings. The maximum absolute atomic E-state index is 13.6. The molecule has 0 radical (unpaired) electrons. The van der Waals surface area contributed by atoms with E-state index >= 15 is 0 Å². The van der Waals surface area contributed by atoms with Gasteiger partial charge in [0.1, 0.15) is 21.0 Å². The van der Waals surface area contributed by atoms with E-state index in [0.717, 1.165) is 64.0 Å². The van der Waals surface area contributed by atoms with Crippen molar-refractivity contribution in [1.82, 2.24) is 20.3 Å². The number of aromatic nitrogens is 3. The van der Waals surface area contributed by atoms with Crippen LogP contribution in [0.2, 0.25) is 0 Å². The van der Waals surface area contributed by atoms with Gasteiger partial charge in [0.15, 0.2) is 0 Å².